The zero-order valence-electron chi connectivity index (χ0n) is 9.57. The minimum atomic E-state index is -0.453. The lowest BCUT2D eigenvalue weighted by molar-refractivity contribution is 0.0827. The number of carbonyl (C=O) groups is 1. The van der Waals surface area contributed by atoms with Crippen molar-refractivity contribution in [3.05, 3.63) is 41.7 Å². The molecule has 0 unspecified atom stereocenters. The second kappa shape index (κ2) is 4.05. The van der Waals surface area contributed by atoms with Gasteiger partial charge in [-0.05, 0) is 18.2 Å². The van der Waals surface area contributed by atoms with Gasteiger partial charge in [0.15, 0.2) is 0 Å². The number of halogens is 1. The Labute approximate surface area is 98.1 Å². The Morgan fingerprint density at radius 1 is 1.24 bits per heavy atom. The lowest BCUT2D eigenvalue weighted by atomic mass is 10.0. The summed E-state index contributed by atoms with van der Waals surface area (Å²) < 4.78 is 13.6. The first-order valence-corrected chi connectivity index (χ1v) is 5.13. The Morgan fingerprint density at radius 3 is 2.59 bits per heavy atom. The number of amides is 1. The second-order valence-electron chi connectivity index (χ2n) is 4.03. The SMILES string of the molecule is CN(C)C(=O)c1cc(O)c2cccc(F)c2c1. The topological polar surface area (TPSA) is 40.5 Å². The van der Waals surface area contributed by atoms with Crippen LogP contribution in [0.3, 0.4) is 0 Å². The molecule has 0 heterocycles. The number of rotatable bonds is 1. The van der Waals surface area contributed by atoms with Crippen molar-refractivity contribution in [1.82, 2.24) is 4.90 Å². The van der Waals surface area contributed by atoms with E-state index in [0.29, 0.717) is 5.39 Å². The Hall–Kier alpha value is -2.10. The molecule has 0 fully saturated rings. The Balaban J connectivity index is 2.70. The maximum absolute atomic E-state index is 13.6. The largest absolute Gasteiger partial charge is 0.507 e. The summed E-state index contributed by atoms with van der Waals surface area (Å²) >= 11 is 0. The molecule has 0 spiro atoms. The van der Waals surface area contributed by atoms with Crippen LogP contribution < -0.4 is 0 Å². The number of phenolic OH excluding ortho intramolecular Hbond substituents is 1. The van der Waals surface area contributed by atoms with Gasteiger partial charge in [-0.1, -0.05) is 12.1 Å². The van der Waals surface area contributed by atoms with Crippen molar-refractivity contribution >= 4 is 16.7 Å². The van der Waals surface area contributed by atoms with Crippen LogP contribution >= 0.6 is 0 Å². The number of carbonyl (C=O) groups excluding carboxylic acids is 1. The molecule has 3 nitrogen and oxygen atoms in total. The Morgan fingerprint density at radius 2 is 1.94 bits per heavy atom. The zero-order chi connectivity index (χ0) is 12.6. The number of aromatic hydroxyl groups is 1. The molecule has 0 bridgehead atoms. The van der Waals surface area contributed by atoms with Crippen LogP contribution in [0.2, 0.25) is 0 Å². The number of nitrogens with zero attached hydrogens (tertiary/aromatic N) is 1. The van der Waals surface area contributed by atoms with E-state index < -0.39 is 5.82 Å². The molecule has 2 rings (SSSR count). The van der Waals surface area contributed by atoms with Crippen LogP contribution in [-0.2, 0) is 0 Å². The molecule has 2 aromatic carbocycles. The molecule has 0 aromatic heterocycles. The highest BCUT2D eigenvalue weighted by Gasteiger charge is 2.13. The normalized spacial score (nSPS) is 10.5. The van der Waals surface area contributed by atoms with Gasteiger partial charge in [-0.2, -0.15) is 0 Å². The van der Waals surface area contributed by atoms with Crippen molar-refractivity contribution in [1.29, 1.82) is 0 Å². The van der Waals surface area contributed by atoms with Crippen LogP contribution in [0.1, 0.15) is 10.4 Å². The number of hydrogen-bond donors (Lipinski definition) is 1. The molecule has 0 saturated heterocycles. The third-order valence-corrected chi connectivity index (χ3v) is 2.57. The van der Waals surface area contributed by atoms with Crippen LogP contribution in [0, 0.1) is 5.82 Å². The molecule has 17 heavy (non-hydrogen) atoms. The molecule has 0 atom stereocenters. The van der Waals surface area contributed by atoms with E-state index in [9.17, 15) is 14.3 Å². The van der Waals surface area contributed by atoms with Crippen LogP contribution in [0.25, 0.3) is 10.8 Å². The van der Waals surface area contributed by atoms with E-state index >= 15 is 0 Å². The first-order chi connectivity index (χ1) is 8.00. The smallest absolute Gasteiger partial charge is 0.253 e. The number of phenols is 1. The zero-order valence-corrected chi connectivity index (χ0v) is 9.57. The van der Waals surface area contributed by atoms with Gasteiger partial charge in [0.1, 0.15) is 11.6 Å². The van der Waals surface area contributed by atoms with Gasteiger partial charge < -0.3 is 10.0 Å². The predicted octanol–water partition coefficient (Wildman–Crippen LogP) is 2.39. The summed E-state index contributed by atoms with van der Waals surface area (Å²) in [5.41, 5.74) is 0.269. The average Bonchev–Trinajstić information content (AvgIpc) is 2.29. The summed E-state index contributed by atoms with van der Waals surface area (Å²) in [6.07, 6.45) is 0. The van der Waals surface area contributed by atoms with Crippen LogP contribution in [-0.4, -0.2) is 30.0 Å². The first kappa shape index (κ1) is 11.4. The van der Waals surface area contributed by atoms with Crippen LogP contribution in [0.15, 0.2) is 30.3 Å². The third kappa shape index (κ3) is 1.93. The first-order valence-electron chi connectivity index (χ1n) is 5.13. The van der Waals surface area contributed by atoms with Crippen molar-refractivity contribution in [2.75, 3.05) is 14.1 Å². The van der Waals surface area contributed by atoms with Crippen molar-refractivity contribution in [2.45, 2.75) is 0 Å². The van der Waals surface area contributed by atoms with Crippen molar-refractivity contribution < 1.29 is 14.3 Å². The number of fused-ring (bicyclic) bond motifs is 1. The third-order valence-electron chi connectivity index (χ3n) is 2.57. The lowest BCUT2D eigenvalue weighted by Crippen LogP contribution is -2.21. The van der Waals surface area contributed by atoms with E-state index in [0.717, 1.165) is 0 Å². The van der Waals surface area contributed by atoms with Crippen LogP contribution in [0.5, 0.6) is 5.75 Å². The summed E-state index contributed by atoms with van der Waals surface area (Å²) in [7, 11) is 3.20. The molecule has 0 aliphatic carbocycles. The fraction of sp³-hybridized carbons (Fsp3) is 0.154. The summed E-state index contributed by atoms with van der Waals surface area (Å²) in [4.78, 5) is 13.1. The molecular formula is C13H12FNO2. The summed E-state index contributed by atoms with van der Waals surface area (Å²) in [6, 6.07) is 7.23. The van der Waals surface area contributed by atoms with Gasteiger partial charge in [-0.3, -0.25) is 4.79 Å². The standard InChI is InChI=1S/C13H12FNO2/c1-15(2)13(17)8-6-10-9(12(16)7-8)4-3-5-11(10)14/h3-7,16H,1-2H3. The number of benzene rings is 2. The summed E-state index contributed by atoms with van der Waals surface area (Å²) in [5.74, 6) is -0.816. The van der Waals surface area contributed by atoms with Gasteiger partial charge in [0.25, 0.3) is 5.91 Å². The van der Waals surface area contributed by atoms with Crippen molar-refractivity contribution in [3.8, 4) is 5.75 Å². The molecule has 4 heteroatoms. The minimum Gasteiger partial charge on any atom is -0.507 e. The minimum absolute atomic E-state index is 0.0906. The fourth-order valence-electron chi connectivity index (χ4n) is 1.71. The van der Waals surface area contributed by atoms with Gasteiger partial charge in [0.2, 0.25) is 0 Å². The second-order valence-corrected chi connectivity index (χ2v) is 4.03. The molecule has 0 radical (unpaired) electrons. The van der Waals surface area contributed by atoms with E-state index in [1.807, 2.05) is 0 Å². The molecule has 1 N–H and O–H groups in total. The molecule has 0 aliphatic rings. The Bertz CT molecular complexity index is 593. The average molecular weight is 233 g/mol. The molecular weight excluding hydrogens is 221 g/mol. The molecule has 2 aromatic rings. The maximum atomic E-state index is 13.6. The Kier molecular flexibility index (Phi) is 2.71. The summed E-state index contributed by atoms with van der Waals surface area (Å²) in [6.45, 7) is 0. The van der Waals surface area contributed by atoms with Gasteiger partial charge >= 0.3 is 0 Å². The molecule has 88 valence electrons. The van der Waals surface area contributed by atoms with Gasteiger partial charge in [0.05, 0.1) is 0 Å². The molecule has 0 saturated carbocycles. The summed E-state index contributed by atoms with van der Waals surface area (Å²) in [5, 5.41) is 10.4. The quantitative estimate of drug-likeness (QED) is 0.821. The van der Waals surface area contributed by atoms with Gasteiger partial charge in [-0.25, -0.2) is 4.39 Å². The van der Waals surface area contributed by atoms with E-state index in [4.69, 9.17) is 0 Å². The van der Waals surface area contributed by atoms with E-state index in [-0.39, 0.29) is 22.6 Å². The maximum Gasteiger partial charge on any atom is 0.253 e. The van der Waals surface area contributed by atoms with Crippen molar-refractivity contribution in [3.63, 3.8) is 0 Å². The number of hydrogen-bond acceptors (Lipinski definition) is 2. The van der Waals surface area contributed by atoms with Crippen molar-refractivity contribution in [2.24, 2.45) is 0 Å². The molecule has 0 aliphatic heterocycles. The highest BCUT2D eigenvalue weighted by Crippen LogP contribution is 2.28. The van der Waals surface area contributed by atoms with E-state index in [2.05, 4.69) is 0 Å². The fourth-order valence-corrected chi connectivity index (χ4v) is 1.71. The van der Waals surface area contributed by atoms with Crippen LogP contribution in [0.4, 0.5) is 4.39 Å². The highest BCUT2D eigenvalue weighted by atomic mass is 19.1. The lowest BCUT2D eigenvalue weighted by Gasteiger charge is -2.11. The predicted molar refractivity (Wildman–Crippen MR) is 63.6 cm³/mol. The van der Waals surface area contributed by atoms with Gasteiger partial charge in [-0.15, -0.1) is 0 Å². The van der Waals surface area contributed by atoms with E-state index in [1.165, 1.54) is 29.2 Å². The monoisotopic (exact) mass is 233 g/mol. The van der Waals surface area contributed by atoms with E-state index in [1.54, 1.807) is 20.2 Å². The van der Waals surface area contributed by atoms with Gasteiger partial charge in [0, 0.05) is 30.4 Å². The molecule has 1 amide bonds. The highest BCUT2D eigenvalue weighted by molar-refractivity contribution is 6.00.